The molecule has 4 heteroatoms. The topological polar surface area (TPSA) is 17.8 Å². The van der Waals surface area contributed by atoms with Crippen LogP contribution in [0.25, 0.3) is 5.69 Å². The smallest absolute Gasteiger partial charge is 0.136 e. The van der Waals surface area contributed by atoms with Gasteiger partial charge in [-0.25, -0.2) is 9.07 Å². The monoisotopic (exact) mass is 238 g/mol. The predicted molar refractivity (Wildman–Crippen MR) is 62.6 cm³/mol. The zero-order valence-corrected chi connectivity index (χ0v) is 9.92. The highest BCUT2D eigenvalue weighted by Crippen LogP contribution is 2.23. The van der Waals surface area contributed by atoms with Gasteiger partial charge in [0.2, 0.25) is 0 Å². The Balaban J connectivity index is 2.52. The Morgan fingerprint density at radius 1 is 1.31 bits per heavy atom. The second kappa shape index (κ2) is 4.26. The number of aryl methyl sites for hydroxylation is 1. The van der Waals surface area contributed by atoms with Gasteiger partial charge in [0, 0.05) is 5.56 Å². The van der Waals surface area contributed by atoms with Crippen LogP contribution in [0.1, 0.15) is 18.2 Å². The van der Waals surface area contributed by atoms with Crippen LogP contribution >= 0.6 is 11.6 Å². The average Bonchev–Trinajstić information content (AvgIpc) is 2.57. The van der Waals surface area contributed by atoms with E-state index >= 15 is 0 Å². The molecule has 16 heavy (non-hydrogen) atoms. The number of halogens is 2. The lowest BCUT2D eigenvalue weighted by Crippen LogP contribution is -1.97. The zero-order valence-electron chi connectivity index (χ0n) is 9.17. The molecule has 0 aliphatic rings. The standard InChI is InChI=1S/C12H12ClFN2/c1-3-11-8(2)12(13)16(15-11)10-6-4-9(14)5-7-10/h4-7H,3H2,1-2H3. The maximum atomic E-state index is 12.8. The van der Waals surface area contributed by atoms with Crippen molar-refractivity contribution in [3.05, 3.63) is 46.5 Å². The SMILES string of the molecule is CCc1nn(-c2ccc(F)cc2)c(Cl)c1C. The first-order valence-electron chi connectivity index (χ1n) is 5.13. The van der Waals surface area contributed by atoms with E-state index in [0.717, 1.165) is 23.4 Å². The zero-order chi connectivity index (χ0) is 11.7. The molecule has 0 fully saturated rings. The van der Waals surface area contributed by atoms with E-state index in [4.69, 9.17) is 11.6 Å². The van der Waals surface area contributed by atoms with Gasteiger partial charge in [-0.1, -0.05) is 18.5 Å². The molecule has 0 amide bonds. The first kappa shape index (κ1) is 11.1. The van der Waals surface area contributed by atoms with Gasteiger partial charge in [-0.15, -0.1) is 0 Å². The third-order valence-corrected chi connectivity index (χ3v) is 3.00. The molecule has 0 aliphatic carbocycles. The highest BCUT2D eigenvalue weighted by molar-refractivity contribution is 6.30. The molecule has 2 aromatic rings. The van der Waals surface area contributed by atoms with Crippen molar-refractivity contribution in [3.8, 4) is 5.69 Å². The number of hydrogen-bond acceptors (Lipinski definition) is 1. The Hall–Kier alpha value is -1.35. The summed E-state index contributed by atoms with van der Waals surface area (Å²) >= 11 is 6.17. The number of aromatic nitrogens is 2. The number of nitrogens with zero attached hydrogens (tertiary/aromatic N) is 2. The van der Waals surface area contributed by atoms with Crippen molar-refractivity contribution in [1.82, 2.24) is 9.78 Å². The van der Waals surface area contributed by atoms with Crippen LogP contribution < -0.4 is 0 Å². The van der Waals surface area contributed by atoms with E-state index in [9.17, 15) is 4.39 Å². The molecule has 0 aliphatic heterocycles. The van der Waals surface area contributed by atoms with Gasteiger partial charge in [0.15, 0.2) is 0 Å². The Bertz CT molecular complexity index is 502. The molecule has 84 valence electrons. The summed E-state index contributed by atoms with van der Waals surface area (Å²) in [5, 5.41) is 4.98. The Morgan fingerprint density at radius 3 is 2.44 bits per heavy atom. The summed E-state index contributed by atoms with van der Waals surface area (Å²) in [6, 6.07) is 6.11. The Labute approximate surface area is 98.7 Å². The minimum absolute atomic E-state index is 0.264. The summed E-state index contributed by atoms with van der Waals surface area (Å²) in [6.45, 7) is 3.97. The number of hydrogen-bond donors (Lipinski definition) is 0. The summed E-state index contributed by atoms with van der Waals surface area (Å²) < 4.78 is 14.4. The molecular weight excluding hydrogens is 227 g/mol. The molecule has 0 N–H and O–H groups in total. The van der Waals surface area contributed by atoms with E-state index in [1.165, 1.54) is 12.1 Å². The molecule has 0 atom stereocenters. The number of rotatable bonds is 2. The molecule has 0 unspecified atom stereocenters. The van der Waals surface area contributed by atoms with Crippen molar-refractivity contribution in [2.45, 2.75) is 20.3 Å². The van der Waals surface area contributed by atoms with Crippen LogP contribution in [-0.2, 0) is 6.42 Å². The molecule has 0 radical (unpaired) electrons. The van der Waals surface area contributed by atoms with Gasteiger partial charge in [-0.3, -0.25) is 0 Å². The molecular formula is C12H12ClFN2. The van der Waals surface area contributed by atoms with Crippen molar-refractivity contribution in [3.63, 3.8) is 0 Å². The summed E-state index contributed by atoms with van der Waals surface area (Å²) in [5.41, 5.74) is 2.72. The lowest BCUT2D eigenvalue weighted by Gasteiger charge is -2.02. The third-order valence-electron chi connectivity index (χ3n) is 2.56. The second-order valence-electron chi connectivity index (χ2n) is 3.60. The minimum Gasteiger partial charge on any atom is -0.222 e. The van der Waals surface area contributed by atoms with E-state index < -0.39 is 0 Å². The summed E-state index contributed by atoms with van der Waals surface area (Å²) in [7, 11) is 0. The van der Waals surface area contributed by atoms with E-state index in [2.05, 4.69) is 5.10 Å². The fourth-order valence-corrected chi connectivity index (χ4v) is 1.85. The van der Waals surface area contributed by atoms with Crippen LogP contribution in [0.2, 0.25) is 5.15 Å². The molecule has 2 rings (SSSR count). The van der Waals surface area contributed by atoms with Gasteiger partial charge in [0.1, 0.15) is 11.0 Å². The van der Waals surface area contributed by atoms with Gasteiger partial charge >= 0.3 is 0 Å². The second-order valence-corrected chi connectivity index (χ2v) is 3.96. The molecule has 0 saturated carbocycles. The highest BCUT2D eigenvalue weighted by Gasteiger charge is 2.12. The normalized spacial score (nSPS) is 10.8. The quantitative estimate of drug-likeness (QED) is 0.783. The molecule has 1 aromatic carbocycles. The van der Waals surface area contributed by atoms with Crippen LogP contribution in [0.3, 0.4) is 0 Å². The summed E-state index contributed by atoms with van der Waals surface area (Å²) in [6.07, 6.45) is 0.833. The van der Waals surface area contributed by atoms with Gasteiger partial charge in [-0.2, -0.15) is 5.10 Å². The van der Waals surface area contributed by atoms with Crippen molar-refractivity contribution in [1.29, 1.82) is 0 Å². The van der Waals surface area contributed by atoms with E-state index in [-0.39, 0.29) is 5.82 Å². The van der Waals surface area contributed by atoms with Crippen molar-refractivity contribution in [2.24, 2.45) is 0 Å². The third kappa shape index (κ3) is 1.83. The Morgan fingerprint density at radius 2 is 1.94 bits per heavy atom. The maximum absolute atomic E-state index is 12.8. The molecule has 2 nitrogen and oxygen atoms in total. The fraction of sp³-hybridized carbons (Fsp3) is 0.250. The largest absolute Gasteiger partial charge is 0.222 e. The lowest BCUT2D eigenvalue weighted by molar-refractivity contribution is 0.627. The molecule has 0 bridgehead atoms. The van der Waals surface area contributed by atoms with Crippen LogP contribution in [0.5, 0.6) is 0 Å². The number of benzene rings is 1. The van der Waals surface area contributed by atoms with Crippen molar-refractivity contribution < 1.29 is 4.39 Å². The molecule has 0 saturated heterocycles. The van der Waals surface area contributed by atoms with Crippen molar-refractivity contribution in [2.75, 3.05) is 0 Å². The fourth-order valence-electron chi connectivity index (χ4n) is 1.61. The summed E-state index contributed by atoms with van der Waals surface area (Å²) in [4.78, 5) is 0. The van der Waals surface area contributed by atoms with Crippen LogP contribution in [0.4, 0.5) is 4.39 Å². The van der Waals surface area contributed by atoms with Gasteiger partial charge in [0.25, 0.3) is 0 Å². The minimum atomic E-state index is -0.264. The van der Waals surface area contributed by atoms with Crippen LogP contribution in [-0.4, -0.2) is 9.78 Å². The van der Waals surface area contributed by atoms with Crippen molar-refractivity contribution >= 4 is 11.6 Å². The van der Waals surface area contributed by atoms with E-state index in [0.29, 0.717) is 5.15 Å². The average molecular weight is 239 g/mol. The summed E-state index contributed by atoms with van der Waals surface area (Å²) in [5.74, 6) is -0.264. The first-order chi connectivity index (χ1) is 7.63. The van der Waals surface area contributed by atoms with Gasteiger partial charge in [0.05, 0.1) is 11.4 Å². The van der Waals surface area contributed by atoms with E-state index in [1.807, 2.05) is 13.8 Å². The predicted octanol–water partition coefficient (Wildman–Crippen LogP) is 3.54. The lowest BCUT2D eigenvalue weighted by atomic mass is 10.2. The first-order valence-corrected chi connectivity index (χ1v) is 5.51. The van der Waals surface area contributed by atoms with Crippen LogP contribution in [0.15, 0.2) is 24.3 Å². The molecule has 1 heterocycles. The maximum Gasteiger partial charge on any atom is 0.136 e. The molecule has 0 spiro atoms. The van der Waals surface area contributed by atoms with Crippen LogP contribution in [0, 0.1) is 12.7 Å². The van der Waals surface area contributed by atoms with Gasteiger partial charge in [-0.05, 0) is 37.6 Å². The highest BCUT2D eigenvalue weighted by atomic mass is 35.5. The molecule has 1 aromatic heterocycles. The van der Waals surface area contributed by atoms with E-state index in [1.54, 1.807) is 16.8 Å². The van der Waals surface area contributed by atoms with Gasteiger partial charge < -0.3 is 0 Å². The Kier molecular flexibility index (Phi) is 2.97.